The fraction of sp³-hybridized carbons (Fsp3) is 0.588. The van der Waals surface area contributed by atoms with E-state index in [1.807, 2.05) is 0 Å². The van der Waals surface area contributed by atoms with Gasteiger partial charge in [-0.05, 0) is 49.9 Å². The van der Waals surface area contributed by atoms with Crippen LogP contribution in [0.15, 0.2) is 29.2 Å². The number of ether oxygens (including phenoxy) is 1. The maximum Gasteiger partial charge on any atom is 0.226 e. The third kappa shape index (κ3) is 3.93. The number of nitrogens with one attached hydrogen (secondary N) is 1. The van der Waals surface area contributed by atoms with Crippen LogP contribution in [0.4, 0.5) is 5.69 Å². The molecular formula is C17H23NO4S. The van der Waals surface area contributed by atoms with Crippen LogP contribution in [0.1, 0.15) is 44.9 Å². The van der Waals surface area contributed by atoms with E-state index in [1.54, 1.807) is 24.3 Å². The van der Waals surface area contributed by atoms with E-state index in [9.17, 15) is 13.2 Å². The van der Waals surface area contributed by atoms with Crippen molar-refractivity contribution < 1.29 is 17.9 Å². The van der Waals surface area contributed by atoms with Gasteiger partial charge in [0.05, 0.1) is 22.7 Å². The summed E-state index contributed by atoms with van der Waals surface area (Å²) in [7, 11) is -3.24. The second kappa shape index (κ2) is 7.01. The molecule has 2 aliphatic rings. The van der Waals surface area contributed by atoms with Crippen molar-refractivity contribution in [1.82, 2.24) is 0 Å². The minimum Gasteiger partial charge on any atom is -0.378 e. The molecule has 3 rings (SSSR count). The van der Waals surface area contributed by atoms with Gasteiger partial charge < -0.3 is 10.1 Å². The number of rotatable bonds is 5. The van der Waals surface area contributed by atoms with Crippen molar-refractivity contribution in [3.8, 4) is 0 Å². The van der Waals surface area contributed by atoms with Crippen molar-refractivity contribution >= 4 is 21.4 Å². The molecule has 1 atom stereocenters. The Balaban J connectivity index is 1.61. The number of anilines is 1. The fourth-order valence-corrected chi connectivity index (χ4v) is 5.20. The molecule has 23 heavy (non-hydrogen) atoms. The Morgan fingerprint density at radius 2 is 1.78 bits per heavy atom. The summed E-state index contributed by atoms with van der Waals surface area (Å²) in [4.78, 5) is 12.3. The Morgan fingerprint density at radius 3 is 2.39 bits per heavy atom. The zero-order valence-corrected chi connectivity index (χ0v) is 14.0. The van der Waals surface area contributed by atoms with E-state index in [0.29, 0.717) is 17.0 Å². The first kappa shape index (κ1) is 16.5. The maximum absolute atomic E-state index is 12.5. The minimum absolute atomic E-state index is 0.0111. The molecule has 1 saturated carbocycles. The lowest BCUT2D eigenvalue weighted by Crippen LogP contribution is -2.20. The van der Waals surface area contributed by atoms with Crippen molar-refractivity contribution in [3.63, 3.8) is 0 Å². The van der Waals surface area contributed by atoms with Gasteiger partial charge in [-0.25, -0.2) is 8.42 Å². The van der Waals surface area contributed by atoms with Crippen molar-refractivity contribution in [2.75, 3.05) is 11.9 Å². The van der Waals surface area contributed by atoms with E-state index in [0.717, 1.165) is 45.1 Å². The molecule has 1 saturated heterocycles. The number of hydrogen-bond acceptors (Lipinski definition) is 4. The van der Waals surface area contributed by atoms with Crippen LogP contribution in [-0.2, 0) is 19.4 Å². The zero-order chi connectivity index (χ0) is 16.3. The van der Waals surface area contributed by atoms with Crippen LogP contribution in [0.2, 0.25) is 0 Å². The van der Waals surface area contributed by atoms with Gasteiger partial charge in [-0.3, -0.25) is 4.79 Å². The van der Waals surface area contributed by atoms with E-state index < -0.39 is 9.84 Å². The monoisotopic (exact) mass is 337 g/mol. The van der Waals surface area contributed by atoms with E-state index in [4.69, 9.17) is 4.74 Å². The standard InChI is InChI=1S/C17H23NO4S/c19-17(12-14-4-3-11-22-14)18-13-7-9-16(10-8-13)23(20,21)15-5-1-2-6-15/h7-10,14-15H,1-6,11-12H2,(H,18,19). The van der Waals surface area contributed by atoms with Crippen LogP contribution >= 0.6 is 0 Å². The molecule has 0 radical (unpaired) electrons. The van der Waals surface area contributed by atoms with Crippen LogP contribution in [0.5, 0.6) is 0 Å². The molecule has 5 nitrogen and oxygen atoms in total. The summed E-state index contributed by atoms with van der Waals surface area (Å²) in [6.07, 6.45) is 5.77. The molecule has 126 valence electrons. The number of benzene rings is 1. The smallest absolute Gasteiger partial charge is 0.226 e. The van der Waals surface area contributed by atoms with Crippen LogP contribution in [0, 0.1) is 0 Å². The second-order valence-corrected chi connectivity index (χ2v) is 8.59. The first-order valence-electron chi connectivity index (χ1n) is 8.31. The largest absolute Gasteiger partial charge is 0.378 e. The molecule has 0 bridgehead atoms. The van der Waals surface area contributed by atoms with E-state index in [2.05, 4.69) is 5.32 Å². The number of hydrogen-bond donors (Lipinski definition) is 1. The Hall–Kier alpha value is -1.40. The summed E-state index contributed by atoms with van der Waals surface area (Å²) in [5.74, 6) is -0.0942. The van der Waals surface area contributed by atoms with Crippen LogP contribution in [0.3, 0.4) is 0 Å². The average molecular weight is 337 g/mol. The third-order valence-corrected chi connectivity index (χ3v) is 6.92. The summed E-state index contributed by atoms with van der Waals surface area (Å²) in [6, 6.07) is 6.51. The van der Waals surface area contributed by atoms with Crippen molar-refractivity contribution in [2.45, 2.75) is 61.2 Å². The van der Waals surface area contributed by atoms with Crippen LogP contribution in [-0.4, -0.2) is 32.3 Å². The molecule has 1 heterocycles. The normalized spacial score (nSPS) is 22.3. The molecule has 2 fully saturated rings. The van der Waals surface area contributed by atoms with Crippen molar-refractivity contribution in [1.29, 1.82) is 0 Å². The van der Waals surface area contributed by atoms with Gasteiger partial charge in [0.15, 0.2) is 9.84 Å². The molecule has 1 aliphatic heterocycles. The first-order valence-corrected chi connectivity index (χ1v) is 9.86. The van der Waals surface area contributed by atoms with Gasteiger partial charge in [0.1, 0.15) is 0 Å². The molecule has 6 heteroatoms. The highest BCUT2D eigenvalue weighted by Gasteiger charge is 2.30. The molecule has 1 unspecified atom stereocenters. The molecule has 1 amide bonds. The van der Waals surface area contributed by atoms with Gasteiger partial charge in [-0.2, -0.15) is 0 Å². The molecule has 1 N–H and O–H groups in total. The number of amides is 1. The van der Waals surface area contributed by atoms with Gasteiger partial charge in [0.25, 0.3) is 0 Å². The number of sulfone groups is 1. The Labute approximate surface area is 137 Å². The topological polar surface area (TPSA) is 72.5 Å². The summed E-state index contributed by atoms with van der Waals surface area (Å²) in [5.41, 5.74) is 0.623. The Kier molecular flexibility index (Phi) is 5.02. The minimum atomic E-state index is -3.24. The lowest BCUT2D eigenvalue weighted by atomic mass is 10.2. The van der Waals surface area contributed by atoms with Crippen molar-refractivity contribution in [2.24, 2.45) is 0 Å². The van der Waals surface area contributed by atoms with Crippen molar-refractivity contribution in [3.05, 3.63) is 24.3 Å². The highest BCUT2D eigenvalue weighted by atomic mass is 32.2. The quantitative estimate of drug-likeness (QED) is 0.896. The molecule has 1 aromatic carbocycles. The fourth-order valence-electron chi connectivity index (χ4n) is 3.34. The molecule has 1 aromatic rings. The summed E-state index contributed by atoms with van der Waals surface area (Å²) in [6.45, 7) is 0.728. The number of carbonyl (C=O) groups excluding carboxylic acids is 1. The second-order valence-electron chi connectivity index (χ2n) is 6.36. The lowest BCUT2D eigenvalue weighted by molar-refractivity contribution is -0.118. The average Bonchev–Trinajstić information content (AvgIpc) is 3.21. The van der Waals surface area contributed by atoms with Gasteiger partial charge in [-0.15, -0.1) is 0 Å². The van der Waals surface area contributed by atoms with Gasteiger partial charge in [0, 0.05) is 12.3 Å². The Bertz CT molecular complexity index is 642. The van der Waals surface area contributed by atoms with E-state index in [-0.39, 0.29) is 17.3 Å². The van der Waals surface area contributed by atoms with Crippen LogP contribution in [0.25, 0.3) is 0 Å². The first-order chi connectivity index (χ1) is 11.1. The maximum atomic E-state index is 12.5. The molecule has 0 spiro atoms. The predicted octanol–water partition coefficient (Wildman–Crippen LogP) is 2.91. The van der Waals surface area contributed by atoms with E-state index in [1.165, 1.54) is 0 Å². The SMILES string of the molecule is O=C(CC1CCCO1)Nc1ccc(S(=O)(=O)C2CCCC2)cc1. The summed E-state index contributed by atoms with van der Waals surface area (Å²) < 4.78 is 30.4. The zero-order valence-electron chi connectivity index (χ0n) is 13.2. The summed E-state index contributed by atoms with van der Waals surface area (Å²) >= 11 is 0. The van der Waals surface area contributed by atoms with Gasteiger partial charge in [0.2, 0.25) is 5.91 Å². The van der Waals surface area contributed by atoms with Crippen LogP contribution < -0.4 is 5.32 Å². The summed E-state index contributed by atoms with van der Waals surface area (Å²) in [5, 5.41) is 2.56. The molecular weight excluding hydrogens is 314 g/mol. The predicted molar refractivity (Wildman–Crippen MR) is 88.1 cm³/mol. The van der Waals surface area contributed by atoms with E-state index >= 15 is 0 Å². The molecule has 1 aliphatic carbocycles. The van der Waals surface area contributed by atoms with Gasteiger partial charge in [-0.1, -0.05) is 12.8 Å². The molecule has 0 aromatic heterocycles. The Morgan fingerprint density at radius 1 is 1.09 bits per heavy atom. The highest BCUT2D eigenvalue weighted by molar-refractivity contribution is 7.92. The highest BCUT2D eigenvalue weighted by Crippen LogP contribution is 2.30. The lowest BCUT2D eigenvalue weighted by Gasteiger charge is -2.12. The third-order valence-electron chi connectivity index (χ3n) is 4.64. The number of carbonyl (C=O) groups is 1. The van der Waals surface area contributed by atoms with Gasteiger partial charge >= 0.3 is 0 Å².